The van der Waals surface area contributed by atoms with Crippen molar-refractivity contribution in [2.75, 3.05) is 23.3 Å². The van der Waals surface area contributed by atoms with E-state index in [4.69, 9.17) is 4.98 Å². The minimum atomic E-state index is 0.189. The second-order valence-electron chi connectivity index (χ2n) is 6.08. The summed E-state index contributed by atoms with van der Waals surface area (Å²) in [6.45, 7) is 2.05. The molecule has 4 rings (SSSR count). The van der Waals surface area contributed by atoms with Crippen molar-refractivity contribution in [1.29, 1.82) is 0 Å². The van der Waals surface area contributed by atoms with Crippen LogP contribution in [0.2, 0.25) is 0 Å². The number of piperidine rings is 1. The van der Waals surface area contributed by atoms with E-state index in [1.165, 1.54) is 19.3 Å². The van der Waals surface area contributed by atoms with Gasteiger partial charge in [-0.15, -0.1) is 0 Å². The van der Waals surface area contributed by atoms with E-state index in [2.05, 4.69) is 21.3 Å². The molecule has 0 amide bonds. The summed E-state index contributed by atoms with van der Waals surface area (Å²) < 4.78 is 0. The third kappa shape index (κ3) is 2.85. The average Bonchev–Trinajstić information content (AvgIpc) is 2.64. The zero-order valence-electron chi connectivity index (χ0n) is 13.4. The molecule has 2 N–H and O–H groups in total. The molecule has 1 aliphatic rings. The number of nitrogens with one attached hydrogen (secondary N) is 1. The van der Waals surface area contributed by atoms with E-state index in [1.807, 2.05) is 30.3 Å². The molecule has 0 spiro atoms. The van der Waals surface area contributed by atoms with Crippen molar-refractivity contribution in [2.45, 2.75) is 19.3 Å². The van der Waals surface area contributed by atoms with Crippen LogP contribution < -0.4 is 10.2 Å². The van der Waals surface area contributed by atoms with Gasteiger partial charge in [-0.3, -0.25) is 0 Å². The Kier molecular flexibility index (Phi) is 3.91. The fourth-order valence-electron chi connectivity index (χ4n) is 3.16. The van der Waals surface area contributed by atoms with Crippen LogP contribution >= 0.6 is 0 Å². The molecule has 3 aromatic rings. The van der Waals surface area contributed by atoms with E-state index < -0.39 is 0 Å². The Morgan fingerprint density at radius 3 is 2.46 bits per heavy atom. The number of phenols is 1. The molecule has 0 unspecified atom stereocenters. The Balaban J connectivity index is 1.77. The second kappa shape index (κ2) is 6.35. The lowest BCUT2D eigenvalue weighted by molar-refractivity contribution is 0.477. The molecule has 1 fully saturated rings. The van der Waals surface area contributed by atoms with E-state index in [9.17, 15) is 5.11 Å². The molecule has 1 aromatic heterocycles. The molecule has 2 aromatic carbocycles. The number of fused-ring (bicyclic) bond motifs is 1. The number of nitrogens with zero attached hydrogens (tertiary/aromatic N) is 3. The third-order valence-electron chi connectivity index (χ3n) is 4.39. The molecular formula is C19H20N4O. The molecule has 5 heteroatoms. The summed E-state index contributed by atoms with van der Waals surface area (Å²) in [6.07, 6.45) is 3.67. The summed E-state index contributed by atoms with van der Waals surface area (Å²) in [5, 5.41) is 14.2. The van der Waals surface area contributed by atoms with Gasteiger partial charge in [0.25, 0.3) is 0 Å². The van der Waals surface area contributed by atoms with Crippen LogP contribution in [-0.2, 0) is 0 Å². The maximum atomic E-state index is 9.97. The van der Waals surface area contributed by atoms with Crippen molar-refractivity contribution in [1.82, 2.24) is 9.97 Å². The minimum Gasteiger partial charge on any atom is -0.506 e. The average molecular weight is 320 g/mol. The van der Waals surface area contributed by atoms with Crippen LogP contribution in [0.3, 0.4) is 0 Å². The maximum Gasteiger partial charge on any atom is 0.229 e. The highest BCUT2D eigenvalue weighted by Gasteiger charge is 2.17. The van der Waals surface area contributed by atoms with Gasteiger partial charge in [0.05, 0.1) is 11.2 Å². The van der Waals surface area contributed by atoms with Crippen LogP contribution in [0.4, 0.5) is 17.5 Å². The normalized spacial score (nSPS) is 14.8. The number of para-hydroxylation sites is 3. The third-order valence-corrected chi connectivity index (χ3v) is 4.39. The highest BCUT2D eigenvalue weighted by molar-refractivity contribution is 5.91. The van der Waals surface area contributed by atoms with Crippen molar-refractivity contribution in [3.8, 4) is 5.75 Å². The zero-order chi connectivity index (χ0) is 16.4. The van der Waals surface area contributed by atoms with Gasteiger partial charge in [0, 0.05) is 18.5 Å². The molecule has 2 heterocycles. The van der Waals surface area contributed by atoms with Gasteiger partial charge in [-0.2, -0.15) is 4.98 Å². The van der Waals surface area contributed by atoms with Gasteiger partial charge >= 0.3 is 0 Å². The van der Waals surface area contributed by atoms with Gasteiger partial charge in [0.1, 0.15) is 11.6 Å². The summed E-state index contributed by atoms with van der Waals surface area (Å²) in [6, 6.07) is 15.2. The predicted molar refractivity (Wildman–Crippen MR) is 97.0 cm³/mol. The lowest BCUT2D eigenvalue weighted by Crippen LogP contribution is -2.30. The first kappa shape index (κ1) is 14.8. The van der Waals surface area contributed by atoms with E-state index in [0.717, 1.165) is 29.8 Å². The Morgan fingerprint density at radius 2 is 1.62 bits per heavy atom. The monoisotopic (exact) mass is 320 g/mol. The summed E-state index contributed by atoms with van der Waals surface area (Å²) in [4.78, 5) is 11.7. The van der Waals surface area contributed by atoms with E-state index in [0.29, 0.717) is 11.6 Å². The van der Waals surface area contributed by atoms with Gasteiger partial charge in [0.2, 0.25) is 5.95 Å². The number of benzene rings is 2. The number of rotatable bonds is 3. The molecular weight excluding hydrogens is 300 g/mol. The summed E-state index contributed by atoms with van der Waals surface area (Å²) in [5.41, 5.74) is 1.52. The van der Waals surface area contributed by atoms with Crippen molar-refractivity contribution in [3.63, 3.8) is 0 Å². The molecule has 0 bridgehead atoms. The molecule has 1 aliphatic heterocycles. The van der Waals surface area contributed by atoms with Gasteiger partial charge in [-0.05, 0) is 43.5 Å². The van der Waals surface area contributed by atoms with E-state index in [1.54, 1.807) is 12.1 Å². The fourth-order valence-corrected chi connectivity index (χ4v) is 3.16. The molecule has 5 nitrogen and oxygen atoms in total. The molecule has 0 atom stereocenters. The predicted octanol–water partition coefficient (Wildman–Crippen LogP) is 4.07. The number of hydrogen-bond acceptors (Lipinski definition) is 5. The smallest absolute Gasteiger partial charge is 0.229 e. The standard InChI is InChI=1S/C19H20N4O/c24-17-11-5-4-10-16(17)21-19-20-15-9-3-2-8-14(15)18(22-19)23-12-6-1-7-13-23/h2-5,8-11,24H,1,6-7,12-13H2,(H,20,21,22). The molecule has 0 aliphatic carbocycles. The molecule has 122 valence electrons. The minimum absolute atomic E-state index is 0.189. The SMILES string of the molecule is Oc1ccccc1Nc1nc(N2CCCCC2)c2ccccc2n1. The quantitative estimate of drug-likeness (QED) is 0.712. The van der Waals surface area contributed by atoms with Gasteiger partial charge in [-0.1, -0.05) is 24.3 Å². The van der Waals surface area contributed by atoms with Crippen LogP contribution in [0.15, 0.2) is 48.5 Å². The van der Waals surface area contributed by atoms with E-state index in [-0.39, 0.29) is 5.75 Å². The first-order valence-corrected chi connectivity index (χ1v) is 8.38. The molecule has 0 radical (unpaired) electrons. The molecule has 0 saturated carbocycles. The Bertz CT molecular complexity index is 859. The number of phenolic OH excluding ortho intramolecular Hbond substituents is 1. The van der Waals surface area contributed by atoms with Crippen LogP contribution in [-0.4, -0.2) is 28.2 Å². The Morgan fingerprint density at radius 1 is 0.875 bits per heavy atom. The topological polar surface area (TPSA) is 61.3 Å². The van der Waals surface area contributed by atoms with Crippen LogP contribution in [0, 0.1) is 0 Å². The zero-order valence-corrected chi connectivity index (χ0v) is 13.4. The summed E-state index contributed by atoms with van der Waals surface area (Å²) in [7, 11) is 0. The van der Waals surface area contributed by atoms with Crippen molar-refractivity contribution in [2.24, 2.45) is 0 Å². The lowest BCUT2D eigenvalue weighted by Gasteiger charge is -2.29. The Labute approximate surface area is 141 Å². The van der Waals surface area contributed by atoms with Crippen LogP contribution in [0.5, 0.6) is 5.75 Å². The molecule has 1 saturated heterocycles. The molecule has 24 heavy (non-hydrogen) atoms. The largest absolute Gasteiger partial charge is 0.506 e. The van der Waals surface area contributed by atoms with Crippen molar-refractivity contribution in [3.05, 3.63) is 48.5 Å². The van der Waals surface area contributed by atoms with Gasteiger partial charge in [0.15, 0.2) is 0 Å². The number of anilines is 3. The number of hydrogen-bond donors (Lipinski definition) is 2. The fraction of sp³-hybridized carbons (Fsp3) is 0.263. The van der Waals surface area contributed by atoms with Gasteiger partial charge in [-0.25, -0.2) is 4.98 Å². The first-order chi connectivity index (χ1) is 11.8. The van der Waals surface area contributed by atoms with Crippen molar-refractivity contribution < 1.29 is 5.11 Å². The highest BCUT2D eigenvalue weighted by atomic mass is 16.3. The second-order valence-corrected chi connectivity index (χ2v) is 6.08. The van der Waals surface area contributed by atoms with Gasteiger partial charge < -0.3 is 15.3 Å². The highest BCUT2D eigenvalue weighted by Crippen LogP contribution is 2.30. The summed E-state index contributed by atoms with van der Waals surface area (Å²) >= 11 is 0. The van der Waals surface area contributed by atoms with Crippen LogP contribution in [0.1, 0.15) is 19.3 Å². The number of aromatic nitrogens is 2. The maximum absolute atomic E-state index is 9.97. The lowest BCUT2D eigenvalue weighted by atomic mass is 10.1. The first-order valence-electron chi connectivity index (χ1n) is 8.38. The van der Waals surface area contributed by atoms with Crippen LogP contribution in [0.25, 0.3) is 10.9 Å². The summed E-state index contributed by atoms with van der Waals surface area (Å²) in [5.74, 6) is 1.67. The van der Waals surface area contributed by atoms with Crippen molar-refractivity contribution >= 4 is 28.4 Å². The Hall–Kier alpha value is -2.82. The van der Waals surface area contributed by atoms with E-state index >= 15 is 0 Å². The number of aromatic hydroxyl groups is 1.